The van der Waals surface area contributed by atoms with E-state index in [1.54, 1.807) is 0 Å². The van der Waals surface area contributed by atoms with Gasteiger partial charge in [-0.2, -0.15) is 0 Å². The Kier molecular flexibility index (Phi) is 35.9. The van der Waals surface area contributed by atoms with Crippen LogP contribution in [0.2, 0.25) is 0 Å². The van der Waals surface area contributed by atoms with Crippen LogP contribution in [0.25, 0.3) is 0 Å². The third-order valence-electron chi connectivity index (χ3n) is 0. The van der Waals surface area contributed by atoms with Crippen LogP contribution >= 0.6 is 0 Å². The van der Waals surface area contributed by atoms with E-state index in [9.17, 15) is 0 Å². The number of hydrogen-bond acceptors (Lipinski definition) is 3. The van der Waals surface area contributed by atoms with Crippen LogP contribution in [0.3, 0.4) is 0 Å². The molecule has 7 heteroatoms. The van der Waals surface area contributed by atoms with Crippen LogP contribution in [0, 0.1) is 0 Å². The van der Waals surface area contributed by atoms with E-state index >= 15 is 0 Å². The van der Waals surface area contributed by atoms with Crippen LogP contribution < -0.4 is 6.15 Å². The first-order valence-corrected chi connectivity index (χ1v) is 1.58. The quantitative estimate of drug-likeness (QED) is 0.366. The standard InChI is InChI=1S/C2H4O2.CH2O3.H3N.Na.H/c1-2(3)4;2-1(3)4;;;/h1H3,(H,3,4);(H2,2,3,4);1H3;;. The first-order chi connectivity index (χ1) is 3.46. The molecule has 0 fully saturated rings. The molecule has 6 nitrogen and oxygen atoms in total. The topological polar surface area (TPSA) is 130 Å². The molecule has 0 unspecified atom stereocenters. The van der Waals surface area contributed by atoms with Gasteiger partial charge < -0.3 is 21.5 Å². The molecule has 0 spiro atoms. The number of carboxylic acid groups (broad SMARTS) is 3. The fourth-order valence-corrected chi connectivity index (χ4v) is 0. The maximum absolute atomic E-state index is 9.00. The number of aliphatic carboxylic acids is 1. The van der Waals surface area contributed by atoms with Crippen molar-refractivity contribution < 1.29 is 24.9 Å². The third-order valence-corrected chi connectivity index (χ3v) is 0. The Morgan fingerprint density at radius 1 is 1.10 bits per heavy atom. The monoisotopic (exact) mass is 163 g/mol. The van der Waals surface area contributed by atoms with Gasteiger partial charge in [0.2, 0.25) is 0 Å². The minimum absolute atomic E-state index is 0. The van der Waals surface area contributed by atoms with E-state index in [0.717, 1.165) is 6.92 Å². The fourth-order valence-electron chi connectivity index (χ4n) is 0. The Balaban J connectivity index is -0.0000000300. The van der Waals surface area contributed by atoms with Crippen LogP contribution in [0.4, 0.5) is 4.79 Å². The van der Waals surface area contributed by atoms with E-state index in [-0.39, 0.29) is 35.7 Å². The molecule has 0 aliphatic rings. The molecular weight excluding hydrogens is 153 g/mol. The van der Waals surface area contributed by atoms with Gasteiger partial charge in [0, 0.05) is 6.92 Å². The molecule has 0 aromatic rings. The molecule has 0 saturated heterocycles. The van der Waals surface area contributed by atoms with Gasteiger partial charge in [0.1, 0.15) is 0 Å². The molecule has 0 atom stereocenters. The molecule has 0 aromatic heterocycles. The predicted molar refractivity (Wildman–Crippen MR) is 36.1 cm³/mol. The fraction of sp³-hybridized carbons (Fsp3) is 0.333. The van der Waals surface area contributed by atoms with Gasteiger partial charge >= 0.3 is 35.7 Å². The van der Waals surface area contributed by atoms with Gasteiger partial charge in [0.05, 0.1) is 0 Å². The van der Waals surface area contributed by atoms with Crippen molar-refractivity contribution in [1.82, 2.24) is 6.15 Å². The van der Waals surface area contributed by atoms with Crippen LogP contribution in [0.1, 0.15) is 6.92 Å². The summed E-state index contributed by atoms with van der Waals surface area (Å²) in [5, 5.41) is 21.4. The molecule has 0 aliphatic carbocycles. The number of carboxylic acids is 1. The van der Waals surface area contributed by atoms with E-state index in [4.69, 9.17) is 24.9 Å². The first kappa shape index (κ1) is 22.6. The van der Waals surface area contributed by atoms with E-state index < -0.39 is 12.1 Å². The van der Waals surface area contributed by atoms with E-state index in [1.165, 1.54) is 0 Å². The molecule has 0 aromatic carbocycles. The van der Waals surface area contributed by atoms with Crippen LogP contribution in [-0.2, 0) is 4.79 Å². The molecule has 0 bridgehead atoms. The van der Waals surface area contributed by atoms with Crippen molar-refractivity contribution in [1.29, 1.82) is 0 Å². The summed E-state index contributed by atoms with van der Waals surface area (Å²) in [5.74, 6) is -0.833. The molecule has 0 saturated carbocycles. The maximum atomic E-state index is 9.00. The summed E-state index contributed by atoms with van der Waals surface area (Å²) < 4.78 is 0. The first-order valence-electron chi connectivity index (χ1n) is 1.58. The average Bonchev–Trinajstić information content (AvgIpc) is 1.25. The summed E-state index contributed by atoms with van der Waals surface area (Å²) in [4.78, 5) is 17.6. The third kappa shape index (κ3) is 3840. The minimum atomic E-state index is -1.83. The van der Waals surface area contributed by atoms with Gasteiger partial charge in [0.15, 0.2) is 0 Å². The van der Waals surface area contributed by atoms with Gasteiger partial charge in [-0.25, -0.2) is 4.79 Å². The Morgan fingerprint density at radius 2 is 1.10 bits per heavy atom. The second-order valence-electron chi connectivity index (χ2n) is 0.802. The SMILES string of the molecule is CC(=O)O.N.O=C(O)O.[NaH]. The van der Waals surface area contributed by atoms with E-state index in [1.807, 2.05) is 0 Å². The van der Waals surface area contributed by atoms with Crippen LogP contribution in [0.5, 0.6) is 0 Å². The molecule has 0 aliphatic heterocycles. The summed E-state index contributed by atoms with van der Waals surface area (Å²) in [6, 6.07) is 0. The van der Waals surface area contributed by atoms with Crippen molar-refractivity contribution in [3.8, 4) is 0 Å². The summed E-state index contributed by atoms with van der Waals surface area (Å²) in [6.45, 7) is 1.08. The Labute approximate surface area is 79.7 Å². The molecule has 0 amide bonds. The Hall–Kier alpha value is -0.300. The summed E-state index contributed by atoms with van der Waals surface area (Å²) >= 11 is 0. The predicted octanol–water partition coefficient (Wildman–Crippen LogP) is -0.173. The number of carbonyl (C=O) groups is 2. The second kappa shape index (κ2) is 15.9. The van der Waals surface area contributed by atoms with Crippen molar-refractivity contribution in [2.45, 2.75) is 6.92 Å². The second-order valence-corrected chi connectivity index (χ2v) is 0.802. The van der Waals surface area contributed by atoms with Crippen molar-refractivity contribution >= 4 is 41.7 Å². The number of hydrogen-bond donors (Lipinski definition) is 4. The van der Waals surface area contributed by atoms with E-state index in [2.05, 4.69) is 0 Å². The summed E-state index contributed by atoms with van der Waals surface area (Å²) in [7, 11) is 0. The zero-order valence-electron chi connectivity index (χ0n) is 4.87. The van der Waals surface area contributed by atoms with Crippen LogP contribution in [0.15, 0.2) is 0 Å². The van der Waals surface area contributed by atoms with Gasteiger partial charge in [0.25, 0.3) is 5.97 Å². The van der Waals surface area contributed by atoms with Gasteiger partial charge in [-0.05, 0) is 0 Å². The molecule has 0 radical (unpaired) electrons. The van der Waals surface area contributed by atoms with E-state index in [0.29, 0.717) is 0 Å². The van der Waals surface area contributed by atoms with Gasteiger partial charge in [-0.15, -0.1) is 0 Å². The zero-order valence-corrected chi connectivity index (χ0v) is 4.87. The van der Waals surface area contributed by atoms with Crippen molar-refractivity contribution in [2.75, 3.05) is 0 Å². The summed E-state index contributed by atoms with van der Waals surface area (Å²) in [5.41, 5.74) is 0. The number of rotatable bonds is 0. The molecular formula is C3H10NNaO5. The Morgan fingerprint density at radius 3 is 1.10 bits per heavy atom. The Bertz CT molecular complexity index is 74.9. The molecule has 58 valence electrons. The zero-order chi connectivity index (χ0) is 7.15. The average molecular weight is 163 g/mol. The molecule has 10 heavy (non-hydrogen) atoms. The van der Waals surface area contributed by atoms with Crippen molar-refractivity contribution in [3.63, 3.8) is 0 Å². The molecule has 0 heterocycles. The molecule has 6 N–H and O–H groups in total. The van der Waals surface area contributed by atoms with Crippen molar-refractivity contribution in [2.24, 2.45) is 0 Å². The van der Waals surface area contributed by atoms with Crippen molar-refractivity contribution in [3.05, 3.63) is 0 Å². The normalized spacial score (nSPS) is 4.90. The summed E-state index contributed by atoms with van der Waals surface area (Å²) in [6.07, 6.45) is -1.83. The van der Waals surface area contributed by atoms with Gasteiger partial charge in [-0.1, -0.05) is 0 Å². The van der Waals surface area contributed by atoms with Gasteiger partial charge in [-0.3, -0.25) is 4.79 Å². The molecule has 0 rings (SSSR count). The van der Waals surface area contributed by atoms with Crippen LogP contribution in [-0.4, -0.2) is 57.0 Å².